The molecule has 19 heavy (non-hydrogen) atoms. The fourth-order valence-electron chi connectivity index (χ4n) is 2.33. The molecule has 0 saturated heterocycles. The molecule has 1 aromatic carbocycles. The summed E-state index contributed by atoms with van der Waals surface area (Å²) in [6, 6.07) is 11.8. The van der Waals surface area contributed by atoms with Gasteiger partial charge in [0.05, 0.1) is 5.56 Å². The fraction of sp³-hybridized carbons (Fsp3) is 0.200. The van der Waals surface area contributed by atoms with E-state index < -0.39 is 0 Å². The van der Waals surface area contributed by atoms with Crippen LogP contribution in [0.5, 0.6) is 0 Å². The number of nitrogens with zero attached hydrogens (tertiary/aromatic N) is 2. The maximum atomic E-state index is 12.4. The summed E-state index contributed by atoms with van der Waals surface area (Å²) in [5, 5.41) is 2.94. The van der Waals surface area contributed by atoms with Crippen LogP contribution in [0.25, 0.3) is 0 Å². The first-order chi connectivity index (χ1) is 9.28. The van der Waals surface area contributed by atoms with Gasteiger partial charge in [0, 0.05) is 26.3 Å². The Morgan fingerprint density at radius 1 is 1.16 bits per heavy atom. The number of benzene rings is 1. The molecule has 0 atom stereocenters. The summed E-state index contributed by atoms with van der Waals surface area (Å²) in [6.07, 6.45) is 1.62. The normalized spacial score (nSPS) is 13.2. The monoisotopic (exact) mass is 253 g/mol. The van der Waals surface area contributed by atoms with Crippen LogP contribution in [0.1, 0.15) is 21.5 Å². The average Bonchev–Trinajstić information content (AvgIpc) is 2.90. The number of anilines is 1. The molecule has 0 aliphatic carbocycles. The molecule has 1 N–H and O–H groups in total. The van der Waals surface area contributed by atoms with E-state index in [1.165, 1.54) is 11.1 Å². The fourth-order valence-corrected chi connectivity index (χ4v) is 2.33. The van der Waals surface area contributed by atoms with E-state index in [0.717, 1.165) is 5.82 Å². The Bertz CT molecular complexity index is 582. The highest BCUT2D eigenvalue weighted by Crippen LogP contribution is 2.23. The number of aromatic nitrogens is 1. The number of amides is 1. The maximum absolute atomic E-state index is 12.4. The van der Waals surface area contributed by atoms with Gasteiger partial charge in [0.15, 0.2) is 0 Å². The summed E-state index contributed by atoms with van der Waals surface area (Å²) in [5.41, 5.74) is 3.10. The molecule has 0 saturated carbocycles. The second-order valence-corrected chi connectivity index (χ2v) is 4.61. The van der Waals surface area contributed by atoms with Crippen LogP contribution in [-0.4, -0.2) is 22.8 Å². The van der Waals surface area contributed by atoms with Gasteiger partial charge in [-0.1, -0.05) is 24.3 Å². The molecule has 0 radical (unpaired) electrons. The van der Waals surface area contributed by atoms with Crippen LogP contribution in [0.4, 0.5) is 5.82 Å². The number of rotatable bonds is 2. The van der Waals surface area contributed by atoms with Gasteiger partial charge in [-0.15, -0.1) is 0 Å². The lowest BCUT2D eigenvalue weighted by atomic mass is 10.1. The van der Waals surface area contributed by atoms with Crippen LogP contribution >= 0.6 is 0 Å². The molecule has 1 aliphatic rings. The topological polar surface area (TPSA) is 45.2 Å². The molecule has 0 spiro atoms. The first-order valence-corrected chi connectivity index (χ1v) is 6.28. The molecule has 0 unspecified atom stereocenters. The highest BCUT2D eigenvalue weighted by molar-refractivity contribution is 5.94. The molecular weight excluding hydrogens is 238 g/mol. The molecule has 1 amide bonds. The van der Waals surface area contributed by atoms with Crippen LogP contribution in [0.2, 0.25) is 0 Å². The Kier molecular flexibility index (Phi) is 2.91. The van der Waals surface area contributed by atoms with Gasteiger partial charge in [0.25, 0.3) is 5.91 Å². The third-order valence-corrected chi connectivity index (χ3v) is 3.39. The molecule has 4 nitrogen and oxygen atoms in total. The quantitative estimate of drug-likeness (QED) is 0.893. The highest BCUT2D eigenvalue weighted by atomic mass is 16.2. The molecule has 1 aromatic heterocycles. The van der Waals surface area contributed by atoms with E-state index in [1.807, 2.05) is 29.2 Å². The molecule has 1 aliphatic heterocycles. The zero-order valence-electron chi connectivity index (χ0n) is 10.8. The highest BCUT2D eigenvalue weighted by Gasteiger charge is 2.23. The number of fused-ring (bicyclic) bond motifs is 1. The summed E-state index contributed by atoms with van der Waals surface area (Å²) in [5.74, 6) is 0.799. The van der Waals surface area contributed by atoms with Crippen molar-refractivity contribution in [2.24, 2.45) is 0 Å². The molecular formula is C15H15N3O. The Hall–Kier alpha value is -2.36. The number of hydrogen-bond donors (Lipinski definition) is 1. The van der Waals surface area contributed by atoms with Crippen molar-refractivity contribution in [3.8, 4) is 0 Å². The van der Waals surface area contributed by atoms with E-state index in [1.54, 1.807) is 13.2 Å². The van der Waals surface area contributed by atoms with Crippen molar-refractivity contribution >= 4 is 11.7 Å². The van der Waals surface area contributed by atoms with Gasteiger partial charge in [-0.2, -0.15) is 0 Å². The largest absolute Gasteiger partial charge is 0.373 e. The molecule has 0 fully saturated rings. The van der Waals surface area contributed by atoms with Crippen molar-refractivity contribution in [2.45, 2.75) is 13.1 Å². The predicted octanol–water partition coefficient (Wildman–Crippen LogP) is 2.28. The van der Waals surface area contributed by atoms with Gasteiger partial charge in [0.2, 0.25) is 0 Å². The first kappa shape index (κ1) is 11.7. The Balaban J connectivity index is 1.79. The van der Waals surface area contributed by atoms with Gasteiger partial charge in [-0.05, 0) is 23.3 Å². The Morgan fingerprint density at radius 2 is 1.84 bits per heavy atom. The van der Waals surface area contributed by atoms with Gasteiger partial charge in [-0.3, -0.25) is 4.79 Å². The van der Waals surface area contributed by atoms with Gasteiger partial charge in [-0.25, -0.2) is 4.98 Å². The lowest BCUT2D eigenvalue weighted by Gasteiger charge is -2.15. The van der Waals surface area contributed by atoms with Crippen molar-refractivity contribution in [1.82, 2.24) is 9.88 Å². The summed E-state index contributed by atoms with van der Waals surface area (Å²) < 4.78 is 0. The van der Waals surface area contributed by atoms with E-state index in [9.17, 15) is 4.79 Å². The Labute approximate surface area is 112 Å². The van der Waals surface area contributed by atoms with Gasteiger partial charge in [0.1, 0.15) is 5.82 Å². The summed E-state index contributed by atoms with van der Waals surface area (Å²) in [6.45, 7) is 1.37. The summed E-state index contributed by atoms with van der Waals surface area (Å²) >= 11 is 0. The van der Waals surface area contributed by atoms with Crippen molar-refractivity contribution < 1.29 is 4.79 Å². The lowest BCUT2D eigenvalue weighted by Crippen LogP contribution is -2.25. The molecule has 0 bridgehead atoms. The van der Waals surface area contributed by atoms with Crippen LogP contribution < -0.4 is 5.32 Å². The minimum atomic E-state index is 0.0337. The number of carbonyl (C=O) groups is 1. The van der Waals surface area contributed by atoms with E-state index in [2.05, 4.69) is 22.4 Å². The number of hydrogen-bond acceptors (Lipinski definition) is 3. The van der Waals surface area contributed by atoms with Crippen molar-refractivity contribution in [1.29, 1.82) is 0 Å². The number of pyridine rings is 1. The Morgan fingerprint density at radius 3 is 2.37 bits per heavy atom. The maximum Gasteiger partial charge on any atom is 0.256 e. The minimum absolute atomic E-state index is 0.0337. The van der Waals surface area contributed by atoms with Crippen molar-refractivity contribution in [3.63, 3.8) is 0 Å². The smallest absolute Gasteiger partial charge is 0.256 e. The SMILES string of the molecule is CNc1ccc(C(=O)N2Cc3ccccc3C2)cn1. The van der Waals surface area contributed by atoms with Crippen LogP contribution in [0, 0.1) is 0 Å². The molecule has 4 heteroatoms. The molecule has 2 aromatic rings. The third-order valence-electron chi connectivity index (χ3n) is 3.39. The zero-order chi connectivity index (χ0) is 13.2. The molecule has 2 heterocycles. The summed E-state index contributed by atoms with van der Waals surface area (Å²) in [4.78, 5) is 18.4. The van der Waals surface area contributed by atoms with Crippen molar-refractivity contribution in [2.75, 3.05) is 12.4 Å². The summed E-state index contributed by atoms with van der Waals surface area (Å²) in [7, 11) is 1.81. The van der Waals surface area contributed by atoms with Crippen LogP contribution in [0.3, 0.4) is 0 Å². The number of nitrogens with one attached hydrogen (secondary N) is 1. The predicted molar refractivity (Wildman–Crippen MR) is 73.8 cm³/mol. The second kappa shape index (κ2) is 4.72. The average molecular weight is 253 g/mol. The van der Waals surface area contributed by atoms with Crippen LogP contribution in [0.15, 0.2) is 42.6 Å². The first-order valence-electron chi connectivity index (χ1n) is 6.28. The molecule has 3 rings (SSSR count). The van der Waals surface area contributed by atoms with E-state index in [4.69, 9.17) is 0 Å². The standard InChI is InChI=1S/C15H15N3O/c1-16-14-7-6-11(8-17-14)15(19)18-9-12-4-2-3-5-13(12)10-18/h2-8H,9-10H2,1H3,(H,16,17). The van der Waals surface area contributed by atoms with E-state index >= 15 is 0 Å². The van der Waals surface area contributed by atoms with Gasteiger partial charge < -0.3 is 10.2 Å². The van der Waals surface area contributed by atoms with E-state index in [0.29, 0.717) is 18.7 Å². The minimum Gasteiger partial charge on any atom is -0.373 e. The number of carbonyl (C=O) groups excluding carboxylic acids is 1. The molecule has 96 valence electrons. The second-order valence-electron chi connectivity index (χ2n) is 4.61. The lowest BCUT2D eigenvalue weighted by molar-refractivity contribution is 0.0751. The third kappa shape index (κ3) is 2.17. The van der Waals surface area contributed by atoms with Crippen molar-refractivity contribution in [3.05, 3.63) is 59.3 Å². The van der Waals surface area contributed by atoms with E-state index in [-0.39, 0.29) is 5.91 Å². The zero-order valence-corrected chi connectivity index (χ0v) is 10.8. The van der Waals surface area contributed by atoms with Gasteiger partial charge >= 0.3 is 0 Å². The van der Waals surface area contributed by atoms with Crippen LogP contribution in [-0.2, 0) is 13.1 Å².